The maximum absolute atomic E-state index is 12.6. The third-order valence-electron chi connectivity index (χ3n) is 3.98. The van der Waals surface area contributed by atoms with Gasteiger partial charge in [0.15, 0.2) is 5.96 Å². The van der Waals surface area contributed by atoms with Gasteiger partial charge in [-0.3, -0.25) is 4.99 Å². The summed E-state index contributed by atoms with van der Waals surface area (Å²) in [5.74, 6) is 0.629. The number of thiazole rings is 1. The largest absolute Gasteiger partial charge is 0.416 e. The van der Waals surface area contributed by atoms with E-state index in [-0.39, 0.29) is 30.1 Å². The molecule has 2 aromatic rings. The van der Waals surface area contributed by atoms with Gasteiger partial charge in [-0.2, -0.15) is 13.2 Å². The van der Waals surface area contributed by atoms with Gasteiger partial charge in [0, 0.05) is 33.1 Å². The second kappa shape index (κ2) is 11.0. The molecular formula is C18H24F3IN4OS. The molecule has 0 saturated heterocycles. The average Bonchev–Trinajstić information content (AvgIpc) is 3.09. The van der Waals surface area contributed by atoms with Crippen molar-refractivity contribution in [3.05, 3.63) is 51.5 Å². The van der Waals surface area contributed by atoms with Crippen molar-refractivity contribution in [1.82, 2.24) is 15.2 Å². The molecule has 0 bridgehead atoms. The number of nitrogens with one attached hydrogen (secondary N) is 1. The smallest absolute Gasteiger partial charge is 0.375 e. The first-order valence-electron chi connectivity index (χ1n) is 8.29. The van der Waals surface area contributed by atoms with Crippen molar-refractivity contribution in [2.24, 2.45) is 4.99 Å². The molecule has 1 aromatic heterocycles. The van der Waals surface area contributed by atoms with Crippen LogP contribution in [0.3, 0.4) is 0 Å². The van der Waals surface area contributed by atoms with Crippen LogP contribution in [0.25, 0.3) is 0 Å². The van der Waals surface area contributed by atoms with Gasteiger partial charge < -0.3 is 15.0 Å². The Bertz CT molecular complexity index is 765. The van der Waals surface area contributed by atoms with Gasteiger partial charge in [0.25, 0.3) is 0 Å². The molecule has 1 unspecified atom stereocenters. The summed E-state index contributed by atoms with van der Waals surface area (Å²) >= 11 is 1.54. The minimum Gasteiger partial charge on any atom is -0.375 e. The quantitative estimate of drug-likeness (QED) is 0.336. The number of benzene rings is 1. The van der Waals surface area contributed by atoms with Crippen LogP contribution in [0.15, 0.2) is 34.6 Å². The molecule has 0 aliphatic rings. The van der Waals surface area contributed by atoms with Crippen molar-refractivity contribution in [2.45, 2.75) is 32.3 Å². The number of aliphatic imine (C=N–C) groups is 1. The highest BCUT2D eigenvalue weighted by Crippen LogP contribution is 2.29. The summed E-state index contributed by atoms with van der Waals surface area (Å²) in [5, 5.41) is 6.04. The lowest BCUT2D eigenvalue weighted by Gasteiger charge is -2.21. The molecule has 28 heavy (non-hydrogen) atoms. The topological polar surface area (TPSA) is 49.8 Å². The molecule has 0 aliphatic carbocycles. The number of aromatic nitrogens is 1. The SMILES string of the molecule is CN=C(NCc1ccc(C(F)(F)F)cc1)N(C)Cc1csc(C(C)OC)n1.I. The van der Waals surface area contributed by atoms with Crippen molar-refractivity contribution >= 4 is 41.3 Å². The summed E-state index contributed by atoms with van der Waals surface area (Å²) in [4.78, 5) is 10.7. The highest BCUT2D eigenvalue weighted by molar-refractivity contribution is 14.0. The highest BCUT2D eigenvalue weighted by Gasteiger charge is 2.29. The molecule has 1 heterocycles. The minimum atomic E-state index is -4.32. The van der Waals surface area contributed by atoms with Gasteiger partial charge in [0.05, 0.1) is 17.8 Å². The molecule has 1 aromatic carbocycles. The third kappa shape index (κ3) is 6.89. The fourth-order valence-electron chi connectivity index (χ4n) is 2.38. The Balaban J connectivity index is 0.00000392. The molecule has 10 heteroatoms. The predicted octanol–water partition coefficient (Wildman–Crippen LogP) is 4.69. The van der Waals surface area contributed by atoms with E-state index in [4.69, 9.17) is 4.74 Å². The van der Waals surface area contributed by atoms with Gasteiger partial charge in [0.2, 0.25) is 0 Å². The van der Waals surface area contributed by atoms with Gasteiger partial charge >= 0.3 is 6.18 Å². The Labute approximate surface area is 184 Å². The predicted molar refractivity (Wildman–Crippen MR) is 116 cm³/mol. The molecule has 0 fully saturated rings. The number of rotatable bonds is 6. The van der Waals surface area contributed by atoms with Crippen LogP contribution in [-0.2, 0) is 24.0 Å². The van der Waals surface area contributed by atoms with Gasteiger partial charge in [0.1, 0.15) is 11.1 Å². The molecule has 156 valence electrons. The highest BCUT2D eigenvalue weighted by atomic mass is 127. The summed E-state index contributed by atoms with van der Waals surface area (Å²) in [6.45, 7) is 2.87. The van der Waals surface area contributed by atoms with Crippen LogP contribution in [0.2, 0.25) is 0 Å². The second-order valence-electron chi connectivity index (χ2n) is 6.01. The lowest BCUT2D eigenvalue weighted by atomic mass is 10.1. The Hall–Kier alpha value is -1.40. The van der Waals surface area contributed by atoms with Gasteiger partial charge in [-0.05, 0) is 24.6 Å². The molecular weight excluding hydrogens is 504 g/mol. The summed E-state index contributed by atoms with van der Waals surface area (Å²) < 4.78 is 43.1. The number of alkyl halides is 3. The van der Waals surface area contributed by atoms with Crippen LogP contribution in [0.1, 0.15) is 34.9 Å². The van der Waals surface area contributed by atoms with Crippen molar-refractivity contribution in [1.29, 1.82) is 0 Å². The molecule has 5 nitrogen and oxygen atoms in total. The van der Waals surface area contributed by atoms with E-state index in [2.05, 4.69) is 15.3 Å². The first-order valence-corrected chi connectivity index (χ1v) is 9.17. The van der Waals surface area contributed by atoms with Gasteiger partial charge in [-0.25, -0.2) is 4.98 Å². The van der Waals surface area contributed by atoms with E-state index >= 15 is 0 Å². The monoisotopic (exact) mass is 528 g/mol. The van der Waals surface area contributed by atoms with Crippen molar-refractivity contribution < 1.29 is 17.9 Å². The average molecular weight is 528 g/mol. The summed E-state index contributed by atoms with van der Waals surface area (Å²) in [5.41, 5.74) is 0.985. The van der Waals surface area contributed by atoms with E-state index in [0.717, 1.165) is 28.4 Å². The van der Waals surface area contributed by atoms with Crippen molar-refractivity contribution in [3.8, 4) is 0 Å². The third-order valence-corrected chi connectivity index (χ3v) is 5.03. The van der Waals surface area contributed by atoms with Crippen molar-refractivity contribution in [3.63, 3.8) is 0 Å². The molecule has 0 spiro atoms. The molecule has 0 aliphatic heterocycles. The standard InChI is InChI=1S/C18H23F3N4OS.HI/c1-12(26-4)16-24-15(11-27-16)10-25(3)17(22-2)23-9-13-5-7-14(8-6-13)18(19,20)21;/h5-8,11-12H,9-10H2,1-4H3,(H,22,23);1H. The van der Waals surface area contributed by atoms with E-state index in [1.165, 1.54) is 12.1 Å². The zero-order valence-corrected chi connectivity index (χ0v) is 19.2. The molecule has 0 amide bonds. The Morgan fingerprint density at radius 3 is 2.50 bits per heavy atom. The Morgan fingerprint density at radius 1 is 1.32 bits per heavy atom. The summed E-state index contributed by atoms with van der Waals surface area (Å²) in [7, 11) is 5.18. The molecule has 0 saturated carbocycles. The lowest BCUT2D eigenvalue weighted by molar-refractivity contribution is -0.137. The van der Waals surface area contributed by atoms with Crippen LogP contribution < -0.4 is 5.32 Å². The number of hydrogen-bond donors (Lipinski definition) is 1. The van der Waals surface area contributed by atoms with Crippen LogP contribution in [0, 0.1) is 0 Å². The van der Waals surface area contributed by atoms with Crippen molar-refractivity contribution in [2.75, 3.05) is 21.2 Å². The van der Waals surface area contributed by atoms with Crippen LogP contribution in [0.4, 0.5) is 13.2 Å². The van der Waals surface area contributed by atoms with Crippen LogP contribution in [0.5, 0.6) is 0 Å². The molecule has 2 rings (SSSR count). The zero-order chi connectivity index (χ0) is 20.0. The van der Waals surface area contributed by atoms with Gasteiger partial charge in [-0.15, -0.1) is 35.3 Å². The van der Waals surface area contributed by atoms with E-state index < -0.39 is 11.7 Å². The Kier molecular flexibility index (Phi) is 9.64. The molecule has 1 atom stereocenters. The minimum absolute atomic E-state index is 0. The lowest BCUT2D eigenvalue weighted by Crippen LogP contribution is -2.38. The van der Waals surface area contributed by atoms with Gasteiger partial charge in [-0.1, -0.05) is 12.1 Å². The number of methoxy groups -OCH3 is 1. The fraction of sp³-hybridized carbons (Fsp3) is 0.444. The van der Waals surface area contributed by atoms with Crippen LogP contribution >= 0.6 is 35.3 Å². The molecule has 1 N–H and O–H groups in total. The summed E-state index contributed by atoms with van der Waals surface area (Å²) in [6, 6.07) is 5.08. The zero-order valence-electron chi connectivity index (χ0n) is 16.1. The van der Waals surface area contributed by atoms with Crippen LogP contribution in [-0.4, -0.2) is 37.0 Å². The number of halogens is 4. The first kappa shape index (κ1) is 24.6. The van der Waals surface area contributed by atoms with E-state index in [9.17, 15) is 13.2 Å². The number of hydrogen-bond acceptors (Lipinski definition) is 4. The summed E-state index contributed by atoms with van der Waals surface area (Å²) in [6.07, 6.45) is -4.37. The number of guanidine groups is 1. The Morgan fingerprint density at radius 2 is 1.96 bits per heavy atom. The fourth-order valence-corrected chi connectivity index (χ4v) is 3.22. The number of ether oxygens (including phenoxy) is 1. The van der Waals surface area contributed by atoms with E-state index in [0.29, 0.717) is 19.0 Å². The molecule has 0 radical (unpaired) electrons. The van der Waals surface area contributed by atoms with E-state index in [1.54, 1.807) is 25.5 Å². The van der Waals surface area contributed by atoms with E-state index in [1.807, 2.05) is 24.3 Å². The number of nitrogens with zero attached hydrogens (tertiary/aromatic N) is 3. The maximum atomic E-state index is 12.6. The normalized spacial score (nSPS) is 13.0. The second-order valence-corrected chi connectivity index (χ2v) is 6.90. The maximum Gasteiger partial charge on any atom is 0.416 e. The first-order chi connectivity index (χ1) is 12.7.